The molecule has 7 rings (SSSR count). The van der Waals surface area contributed by atoms with E-state index in [1.807, 2.05) is 0 Å². The standard InChI is InChI=1S/C22H22Cl3N7O12P2/c23-7-1-9-10(2-8(7)24)32(22(25)30-9)20-15(34)16-12(42-20)4-40-46(37,38)44-17-14(33)11(3-39-45(35,36)43-16)41-21(17)31-6-29-13-18(26)27-5-28-19(13)31/h1-2,5-6,11-12,14-17,20-21,33-34H,3-4H2,(H,35,36)(H,37,38)(H2,26,27,28)/t11-,12-,14?,15?,16+,17+,20-,21-/m1/s1. The molecule has 10 atom stereocenters. The number of anilines is 1. The van der Waals surface area contributed by atoms with Crippen LogP contribution in [0.4, 0.5) is 5.82 Å². The van der Waals surface area contributed by atoms with Gasteiger partial charge < -0.3 is 35.2 Å². The number of fused-ring (bicyclic) bond motifs is 5. The van der Waals surface area contributed by atoms with E-state index in [9.17, 15) is 29.1 Å². The molecule has 2 bridgehead atoms. The number of rotatable bonds is 2. The Hall–Kier alpha value is -2.03. The summed E-state index contributed by atoms with van der Waals surface area (Å²) in [6.45, 7) is -1.61. The fraction of sp³-hybridized carbons (Fsp3) is 0.455. The zero-order chi connectivity index (χ0) is 32.7. The van der Waals surface area contributed by atoms with Gasteiger partial charge in [-0.25, -0.2) is 29.1 Å². The second-order valence-electron chi connectivity index (χ2n) is 10.4. The molecule has 4 unspecified atom stereocenters. The van der Waals surface area contributed by atoms with Gasteiger partial charge in [-0.1, -0.05) is 23.2 Å². The number of benzene rings is 1. The maximum absolute atomic E-state index is 13.2. The summed E-state index contributed by atoms with van der Waals surface area (Å²) in [6.07, 6.45) is -10.2. The molecule has 3 saturated heterocycles. The summed E-state index contributed by atoms with van der Waals surface area (Å²) in [5, 5.41) is 22.4. The monoisotopic (exact) mass is 743 g/mol. The van der Waals surface area contributed by atoms with Crippen LogP contribution in [0, 0.1) is 0 Å². The molecule has 0 radical (unpaired) electrons. The van der Waals surface area contributed by atoms with Crippen LogP contribution in [0.2, 0.25) is 15.3 Å². The maximum atomic E-state index is 13.2. The number of nitrogen functional groups attached to an aromatic ring is 1. The van der Waals surface area contributed by atoms with Gasteiger partial charge in [0.05, 0.1) is 40.6 Å². The summed E-state index contributed by atoms with van der Waals surface area (Å²) in [5.41, 5.74) is 6.70. The Balaban J connectivity index is 1.21. The molecule has 0 aliphatic carbocycles. The lowest BCUT2D eigenvalue weighted by Crippen LogP contribution is -2.36. The summed E-state index contributed by atoms with van der Waals surface area (Å²) < 4.78 is 61.6. The van der Waals surface area contributed by atoms with Gasteiger partial charge in [-0.05, 0) is 23.7 Å². The van der Waals surface area contributed by atoms with Crippen LogP contribution < -0.4 is 5.73 Å². The number of hydrogen-bond acceptors (Lipinski definition) is 15. The number of aliphatic hydroxyl groups excluding tert-OH is 2. The minimum absolute atomic E-state index is 0.0276. The number of ether oxygens (including phenoxy) is 2. The number of aromatic nitrogens is 6. The summed E-state index contributed by atoms with van der Waals surface area (Å²) >= 11 is 18.6. The number of aliphatic hydroxyl groups is 2. The zero-order valence-corrected chi connectivity index (χ0v) is 26.7. The van der Waals surface area contributed by atoms with Crippen LogP contribution in [0.25, 0.3) is 22.2 Å². The van der Waals surface area contributed by atoms with Gasteiger partial charge in [-0.15, -0.1) is 0 Å². The van der Waals surface area contributed by atoms with E-state index in [1.165, 1.54) is 27.6 Å². The van der Waals surface area contributed by atoms with Gasteiger partial charge in [-0.2, -0.15) is 0 Å². The van der Waals surface area contributed by atoms with Crippen LogP contribution in [-0.2, 0) is 36.7 Å². The molecule has 3 aliphatic rings. The molecule has 24 heteroatoms. The minimum atomic E-state index is -5.08. The molecule has 0 amide bonds. The highest BCUT2D eigenvalue weighted by Crippen LogP contribution is 2.54. The van der Waals surface area contributed by atoms with Crippen molar-refractivity contribution in [3.8, 4) is 0 Å². The van der Waals surface area contributed by atoms with Crippen LogP contribution in [0.1, 0.15) is 12.5 Å². The van der Waals surface area contributed by atoms with E-state index in [-0.39, 0.29) is 43.3 Å². The van der Waals surface area contributed by atoms with Gasteiger partial charge in [0.1, 0.15) is 48.5 Å². The third kappa shape index (κ3) is 5.72. The zero-order valence-electron chi connectivity index (χ0n) is 22.7. The first kappa shape index (κ1) is 32.5. The van der Waals surface area contributed by atoms with Gasteiger partial charge >= 0.3 is 15.6 Å². The van der Waals surface area contributed by atoms with Crippen molar-refractivity contribution in [2.24, 2.45) is 0 Å². The molecule has 3 fully saturated rings. The minimum Gasteiger partial charge on any atom is -0.387 e. The predicted octanol–water partition coefficient (Wildman–Crippen LogP) is 1.95. The number of nitrogens with two attached hydrogens (primary N) is 1. The Labute approximate surface area is 271 Å². The van der Waals surface area contributed by atoms with Crippen molar-refractivity contribution in [2.45, 2.75) is 49.1 Å². The van der Waals surface area contributed by atoms with E-state index in [2.05, 4.69) is 19.9 Å². The van der Waals surface area contributed by atoms with Gasteiger partial charge in [0.2, 0.25) is 5.28 Å². The molecule has 248 valence electrons. The molecule has 46 heavy (non-hydrogen) atoms. The molecule has 3 aliphatic heterocycles. The second kappa shape index (κ2) is 11.8. The van der Waals surface area contributed by atoms with Crippen molar-refractivity contribution in [2.75, 3.05) is 18.9 Å². The Morgan fingerprint density at radius 1 is 0.870 bits per heavy atom. The highest BCUT2D eigenvalue weighted by Gasteiger charge is 2.54. The van der Waals surface area contributed by atoms with Crippen molar-refractivity contribution in [1.29, 1.82) is 0 Å². The van der Waals surface area contributed by atoms with Crippen molar-refractivity contribution in [1.82, 2.24) is 29.1 Å². The number of imidazole rings is 2. The molecule has 6 heterocycles. The van der Waals surface area contributed by atoms with E-state index in [1.54, 1.807) is 0 Å². The first-order valence-corrected chi connectivity index (χ1v) is 17.3. The summed E-state index contributed by atoms with van der Waals surface area (Å²) in [4.78, 5) is 37.6. The van der Waals surface area contributed by atoms with Crippen LogP contribution in [0.15, 0.2) is 24.8 Å². The summed E-state index contributed by atoms with van der Waals surface area (Å²) in [5.74, 6) is 0.0276. The molecular formula is C22H22Cl3N7O12P2. The quantitative estimate of drug-likeness (QED) is 0.184. The van der Waals surface area contributed by atoms with E-state index < -0.39 is 77.9 Å². The Kier molecular flexibility index (Phi) is 8.37. The lowest BCUT2D eigenvalue weighted by Gasteiger charge is -2.25. The van der Waals surface area contributed by atoms with E-state index in [4.69, 9.17) is 68.1 Å². The van der Waals surface area contributed by atoms with E-state index in [0.29, 0.717) is 0 Å². The van der Waals surface area contributed by atoms with Crippen molar-refractivity contribution >= 4 is 78.5 Å². The van der Waals surface area contributed by atoms with Crippen LogP contribution >= 0.6 is 50.4 Å². The molecule has 0 spiro atoms. The van der Waals surface area contributed by atoms with Gasteiger partial charge in [0.15, 0.2) is 23.9 Å². The van der Waals surface area contributed by atoms with Gasteiger partial charge in [0, 0.05) is 0 Å². The van der Waals surface area contributed by atoms with Crippen LogP contribution in [0.3, 0.4) is 0 Å². The SMILES string of the molecule is Nc1ncnc2c1ncn2[C@@H]1O[C@@H]2COP(=O)(O)O[C@@H]3C(O)[C@H](n4c(Cl)nc5cc(Cl)c(Cl)cc54)O[C@@H]3COP(=O)(O)O[C@H]1C2O. The van der Waals surface area contributed by atoms with Crippen molar-refractivity contribution < 1.29 is 56.7 Å². The largest absolute Gasteiger partial charge is 0.472 e. The van der Waals surface area contributed by atoms with Gasteiger partial charge in [-0.3, -0.25) is 27.2 Å². The third-order valence-corrected chi connectivity index (χ3v) is 10.5. The maximum Gasteiger partial charge on any atom is 0.472 e. The lowest BCUT2D eigenvalue weighted by molar-refractivity contribution is -0.0671. The fourth-order valence-electron chi connectivity index (χ4n) is 5.45. The van der Waals surface area contributed by atoms with Crippen molar-refractivity contribution in [3.05, 3.63) is 40.1 Å². The molecule has 3 aromatic heterocycles. The Morgan fingerprint density at radius 2 is 1.52 bits per heavy atom. The summed E-state index contributed by atoms with van der Waals surface area (Å²) in [7, 11) is -10.2. The van der Waals surface area contributed by atoms with Gasteiger partial charge in [0.25, 0.3) is 0 Å². The highest BCUT2D eigenvalue weighted by atomic mass is 35.5. The molecule has 1 aromatic carbocycles. The van der Waals surface area contributed by atoms with Crippen LogP contribution in [-0.4, -0.2) is 98.9 Å². The molecule has 6 N–H and O–H groups in total. The Bertz CT molecular complexity index is 1930. The second-order valence-corrected chi connectivity index (χ2v) is 14.3. The third-order valence-electron chi connectivity index (χ3n) is 7.54. The Morgan fingerprint density at radius 3 is 2.26 bits per heavy atom. The first-order valence-electron chi connectivity index (χ1n) is 13.2. The number of halogens is 3. The average molecular weight is 745 g/mol. The number of phosphoric ester groups is 2. The van der Waals surface area contributed by atoms with E-state index in [0.717, 1.165) is 6.33 Å². The molecule has 19 nitrogen and oxygen atoms in total. The van der Waals surface area contributed by atoms with E-state index >= 15 is 0 Å². The topological polar surface area (TPSA) is 258 Å². The van der Waals surface area contributed by atoms with Crippen molar-refractivity contribution in [3.63, 3.8) is 0 Å². The van der Waals surface area contributed by atoms with Crippen LogP contribution in [0.5, 0.6) is 0 Å². The number of nitrogens with zero attached hydrogens (tertiary/aromatic N) is 6. The highest BCUT2D eigenvalue weighted by molar-refractivity contribution is 7.47. The lowest BCUT2D eigenvalue weighted by atomic mass is 10.1. The molecule has 0 saturated carbocycles. The molecular weight excluding hydrogens is 723 g/mol. The normalized spacial score (nSPS) is 37.2. The predicted molar refractivity (Wildman–Crippen MR) is 156 cm³/mol. The number of phosphoric acid groups is 2. The average Bonchev–Trinajstić information content (AvgIpc) is 3.71. The number of hydrogen-bond donors (Lipinski definition) is 5. The molecule has 4 aromatic rings. The fourth-order valence-corrected chi connectivity index (χ4v) is 7.94. The smallest absolute Gasteiger partial charge is 0.387 e. The first-order chi connectivity index (χ1) is 21.7. The summed E-state index contributed by atoms with van der Waals surface area (Å²) in [6, 6.07) is 2.84.